The van der Waals surface area contributed by atoms with E-state index < -0.39 is 0 Å². The van der Waals surface area contributed by atoms with Crippen LogP contribution in [0.5, 0.6) is 0 Å². The van der Waals surface area contributed by atoms with Crippen LogP contribution in [0.4, 0.5) is 0 Å². The molecule has 0 atom stereocenters. The first-order valence-corrected chi connectivity index (χ1v) is 4.10. The van der Waals surface area contributed by atoms with Crippen molar-refractivity contribution in [3.8, 4) is 23.9 Å². The van der Waals surface area contributed by atoms with Crippen LogP contribution in [0, 0.1) is 12.3 Å². The van der Waals surface area contributed by atoms with E-state index in [4.69, 9.17) is 6.42 Å². The summed E-state index contributed by atoms with van der Waals surface area (Å²) in [6, 6.07) is 5.39. The SMILES string of the molecule is C#Cc1ccc(-c2ncccn2)nc1. The molecule has 0 saturated carbocycles. The van der Waals surface area contributed by atoms with Crippen molar-refractivity contribution in [2.24, 2.45) is 0 Å². The van der Waals surface area contributed by atoms with Crippen LogP contribution in [0.15, 0.2) is 36.8 Å². The Morgan fingerprint density at radius 2 is 1.86 bits per heavy atom. The molecule has 2 rings (SSSR count). The van der Waals surface area contributed by atoms with Crippen LogP contribution in [0.3, 0.4) is 0 Å². The molecule has 0 bridgehead atoms. The van der Waals surface area contributed by atoms with Gasteiger partial charge in [0.2, 0.25) is 0 Å². The van der Waals surface area contributed by atoms with Gasteiger partial charge in [0.05, 0.1) is 0 Å². The van der Waals surface area contributed by atoms with Gasteiger partial charge in [-0.15, -0.1) is 6.42 Å². The first kappa shape index (κ1) is 8.39. The van der Waals surface area contributed by atoms with Crippen LogP contribution in [0.25, 0.3) is 11.5 Å². The average molecular weight is 181 g/mol. The van der Waals surface area contributed by atoms with Gasteiger partial charge < -0.3 is 0 Å². The van der Waals surface area contributed by atoms with Crippen molar-refractivity contribution in [2.75, 3.05) is 0 Å². The van der Waals surface area contributed by atoms with Crippen molar-refractivity contribution >= 4 is 0 Å². The molecule has 3 nitrogen and oxygen atoms in total. The van der Waals surface area contributed by atoms with E-state index in [2.05, 4.69) is 20.9 Å². The zero-order chi connectivity index (χ0) is 9.80. The minimum absolute atomic E-state index is 0.607. The van der Waals surface area contributed by atoms with Crippen molar-refractivity contribution < 1.29 is 0 Å². The number of rotatable bonds is 1. The molecular formula is C11H7N3. The Bertz CT molecular complexity index is 454. The molecule has 2 aromatic heterocycles. The molecule has 0 aliphatic carbocycles. The van der Waals surface area contributed by atoms with Crippen LogP contribution in [0.1, 0.15) is 5.56 Å². The largest absolute Gasteiger partial charge is 0.252 e. The molecule has 0 spiro atoms. The lowest BCUT2D eigenvalue weighted by Gasteiger charge is -1.97. The molecule has 14 heavy (non-hydrogen) atoms. The Morgan fingerprint density at radius 1 is 1.07 bits per heavy atom. The lowest BCUT2D eigenvalue weighted by Crippen LogP contribution is -1.90. The predicted octanol–water partition coefficient (Wildman–Crippen LogP) is 1.52. The predicted molar refractivity (Wildman–Crippen MR) is 53.2 cm³/mol. The van der Waals surface area contributed by atoms with Gasteiger partial charge in [-0.2, -0.15) is 0 Å². The maximum Gasteiger partial charge on any atom is 0.178 e. The first-order valence-electron chi connectivity index (χ1n) is 4.10. The maximum atomic E-state index is 5.22. The van der Waals surface area contributed by atoms with Crippen molar-refractivity contribution in [3.63, 3.8) is 0 Å². The zero-order valence-electron chi connectivity index (χ0n) is 7.38. The first-order chi connectivity index (χ1) is 6.90. The van der Waals surface area contributed by atoms with Crippen LogP contribution in [0.2, 0.25) is 0 Å². The Morgan fingerprint density at radius 3 is 2.43 bits per heavy atom. The smallest absolute Gasteiger partial charge is 0.178 e. The summed E-state index contributed by atoms with van der Waals surface area (Å²) in [5.41, 5.74) is 1.48. The van der Waals surface area contributed by atoms with Gasteiger partial charge in [0.1, 0.15) is 5.69 Å². The van der Waals surface area contributed by atoms with Gasteiger partial charge in [0, 0.05) is 24.2 Å². The summed E-state index contributed by atoms with van der Waals surface area (Å²) in [5.74, 6) is 3.11. The summed E-state index contributed by atoms with van der Waals surface area (Å²) in [6.07, 6.45) is 10.2. The molecular weight excluding hydrogens is 174 g/mol. The summed E-state index contributed by atoms with van der Waals surface area (Å²) in [7, 11) is 0. The van der Waals surface area contributed by atoms with Gasteiger partial charge in [0.25, 0.3) is 0 Å². The molecule has 0 fully saturated rings. The summed E-state index contributed by atoms with van der Waals surface area (Å²) < 4.78 is 0. The monoisotopic (exact) mass is 181 g/mol. The van der Waals surface area contributed by atoms with Crippen molar-refractivity contribution in [1.29, 1.82) is 0 Å². The summed E-state index contributed by atoms with van der Waals surface area (Å²) >= 11 is 0. The molecule has 0 aliphatic heterocycles. The fourth-order valence-corrected chi connectivity index (χ4v) is 1.04. The van der Waals surface area contributed by atoms with Gasteiger partial charge in [0.15, 0.2) is 5.82 Å². The Kier molecular flexibility index (Phi) is 2.20. The highest BCUT2D eigenvalue weighted by Gasteiger charge is 1.99. The Hall–Kier alpha value is -2.21. The van der Waals surface area contributed by atoms with Gasteiger partial charge in [-0.05, 0) is 18.2 Å². The van der Waals surface area contributed by atoms with E-state index in [0.29, 0.717) is 5.82 Å². The Balaban J connectivity index is 2.40. The van der Waals surface area contributed by atoms with Gasteiger partial charge in [-0.1, -0.05) is 5.92 Å². The molecule has 2 aromatic rings. The topological polar surface area (TPSA) is 38.7 Å². The van der Waals surface area contributed by atoms with Gasteiger partial charge >= 0.3 is 0 Å². The highest BCUT2D eigenvalue weighted by atomic mass is 14.9. The summed E-state index contributed by atoms with van der Waals surface area (Å²) in [5, 5.41) is 0. The Labute approximate surface area is 81.9 Å². The second kappa shape index (κ2) is 3.67. The van der Waals surface area contributed by atoms with E-state index in [1.54, 1.807) is 24.7 Å². The number of nitrogens with zero attached hydrogens (tertiary/aromatic N) is 3. The van der Waals surface area contributed by atoms with Crippen LogP contribution in [-0.2, 0) is 0 Å². The van der Waals surface area contributed by atoms with E-state index in [1.807, 2.05) is 12.1 Å². The third-order valence-electron chi connectivity index (χ3n) is 1.73. The molecule has 0 unspecified atom stereocenters. The van der Waals surface area contributed by atoms with Crippen LogP contribution in [-0.4, -0.2) is 15.0 Å². The van der Waals surface area contributed by atoms with Crippen molar-refractivity contribution in [3.05, 3.63) is 42.4 Å². The number of aromatic nitrogens is 3. The second-order valence-corrected chi connectivity index (χ2v) is 2.65. The molecule has 2 heterocycles. The fraction of sp³-hybridized carbons (Fsp3) is 0. The lowest BCUT2D eigenvalue weighted by molar-refractivity contribution is 1.14. The van der Waals surface area contributed by atoms with Crippen molar-refractivity contribution in [1.82, 2.24) is 15.0 Å². The number of terminal acetylenes is 1. The van der Waals surface area contributed by atoms with E-state index in [9.17, 15) is 0 Å². The minimum Gasteiger partial charge on any atom is -0.252 e. The van der Waals surface area contributed by atoms with E-state index in [0.717, 1.165) is 11.3 Å². The highest BCUT2D eigenvalue weighted by molar-refractivity contribution is 5.49. The van der Waals surface area contributed by atoms with Crippen LogP contribution < -0.4 is 0 Å². The number of pyridine rings is 1. The number of hydrogen-bond acceptors (Lipinski definition) is 3. The molecule has 0 saturated heterocycles. The summed E-state index contributed by atoms with van der Waals surface area (Å²) in [4.78, 5) is 12.3. The highest BCUT2D eigenvalue weighted by Crippen LogP contribution is 2.09. The lowest BCUT2D eigenvalue weighted by atomic mass is 10.2. The fourth-order valence-electron chi connectivity index (χ4n) is 1.04. The molecule has 0 aromatic carbocycles. The minimum atomic E-state index is 0.607. The maximum absolute atomic E-state index is 5.22. The second-order valence-electron chi connectivity index (χ2n) is 2.65. The molecule has 0 radical (unpaired) electrons. The van der Waals surface area contributed by atoms with Gasteiger partial charge in [-0.25, -0.2) is 9.97 Å². The van der Waals surface area contributed by atoms with E-state index in [-0.39, 0.29) is 0 Å². The quantitative estimate of drug-likeness (QED) is 0.626. The third-order valence-corrected chi connectivity index (χ3v) is 1.73. The van der Waals surface area contributed by atoms with Crippen molar-refractivity contribution in [2.45, 2.75) is 0 Å². The molecule has 0 N–H and O–H groups in total. The zero-order valence-corrected chi connectivity index (χ0v) is 7.38. The standard InChI is InChI=1S/C11H7N3/c1-2-9-4-5-10(14-8-9)11-12-6-3-7-13-11/h1,3-8H. The third kappa shape index (κ3) is 1.59. The molecule has 0 amide bonds. The summed E-state index contributed by atoms with van der Waals surface area (Å²) in [6.45, 7) is 0. The molecule has 66 valence electrons. The van der Waals surface area contributed by atoms with Gasteiger partial charge in [-0.3, -0.25) is 4.98 Å². The van der Waals surface area contributed by atoms with Crippen LogP contribution >= 0.6 is 0 Å². The normalized spacial score (nSPS) is 9.36. The van der Waals surface area contributed by atoms with E-state index >= 15 is 0 Å². The molecule has 3 heteroatoms. The molecule has 0 aliphatic rings. The van der Waals surface area contributed by atoms with E-state index in [1.165, 1.54) is 0 Å². The average Bonchev–Trinajstić information content (AvgIpc) is 2.30. The number of hydrogen-bond donors (Lipinski definition) is 0.